The van der Waals surface area contributed by atoms with Gasteiger partial charge in [0.15, 0.2) is 0 Å². The van der Waals surface area contributed by atoms with Gasteiger partial charge in [0.1, 0.15) is 11.8 Å². The van der Waals surface area contributed by atoms with Crippen LogP contribution in [0.15, 0.2) is 24.3 Å². The molecule has 3 atom stereocenters. The molecule has 2 fully saturated rings. The Morgan fingerprint density at radius 1 is 1.28 bits per heavy atom. The second kappa shape index (κ2) is 4.82. The summed E-state index contributed by atoms with van der Waals surface area (Å²) in [6.45, 7) is 0.602. The summed E-state index contributed by atoms with van der Waals surface area (Å²) < 4.78 is 6.02. The topological polar surface area (TPSA) is 41.5 Å². The number of benzene rings is 1. The zero-order valence-corrected chi connectivity index (χ0v) is 11.0. The first kappa shape index (κ1) is 12.4. The first-order valence-corrected chi connectivity index (χ1v) is 6.92. The Morgan fingerprint density at radius 2 is 2.06 bits per heavy atom. The largest absolute Gasteiger partial charge is 0.386 e. The third kappa shape index (κ3) is 2.28. The van der Waals surface area contributed by atoms with Gasteiger partial charge < -0.3 is 9.84 Å². The molecule has 1 saturated heterocycles. The van der Waals surface area contributed by atoms with Crippen molar-refractivity contribution in [3.05, 3.63) is 34.9 Å². The molecule has 0 radical (unpaired) electrons. The van der Waals surface area contributed by atoms with Crippen LogP contribution in [0.3, 0.4) is 0 Å². The number of aliphatic hydroxyl groups is 1. The number of hydrogen-bond acceptors (Lipinski definition) is 3. The van der Waals surface area contributed by atoms with Crippen LogP contribution in [0.25, 0.3) is 0 Å². The predicted molar refractivity (Wildman–Crippen MR) is 70.5 cm³/mol. The second-order valence-electron chi connectivity index (χ2n) is 5.29. The van der Waals surface area contributed by atoms with Crippen LogP contribution in [0.4, 0.5) is 0 Å². The van der Waals surface area contributed by atoms with E-state index in [1.54, 1.807) is 0 Å². The summed E-state index contributed by atoms with van der Waals surface area (Å²) >= 11 is 5.88. The van der Waals surface area contributed by atoms with Gasteiger partial charge in [0.2, 0.25) is 0 Å². The monoisotopic (exact) mass is 267 g/mol. The number of β-amino-alcohol motifs (C(OH)–C–C–N with tert-alkyl or cyclic N) is 1. The third-order valence-electron chi connectivity index (χ3n) is 3.99. The standard InChI is InChI=1S/C14H18ClNO2/c15-11-6-4-10(5-7-11)13-16-9-14(17)8-2-1-3-12(14)18-13/h4-7,12-13,16-17H,1-3,8-9H2/t12-,13+,14+/m0/s1. The van der Waals surface area contributed by atoms with E-state index in [2.05, 4.69) is 5.32 Å². The molecule has 1 aromatic rings. The van der Waals surface area contributed by atoms with Crippen molar-refractivity contribution in [2.45, 2.75) is 43.6 Å². The molecule has 18 heavy (non-hydrogen) atoms. The van der Waals surface area contributed by atoms with Gasteiger partial charge in [0.05, 0.1) is 6.10 Å². The molecule has 2 aliphatic rings. The molecule has 4 heteroatoms. The van der Waals surface area contributed by atoms with E-state index in [4.69, 9.17) is 16.3 Å². The number of fused-ring (bicyclic) bond motifs is 1. The second-order valence-corrected chi connectivity index (χ2v) is 5.72. The van der Waals surface area contributed by atoms with E-state index >= 15 is 0 Å². The van der Waals surface area contributed by atoms with Crippen LogP contribution in [0.1, 0.15) is 37.5 Å². The van der Waals surface area contributed by atoms with E-state index in [1.807, 2.05) is 24.3 Å². The highest BCUT2D eigenvalue weighted by Gasteiger charge is 2.44. The van der Waals surface area contributed by atoms with Crippen LogP contribution >= 0.6 is 11.6 Å². The zero-order valence-electron chi connectivity index (χ0n) is 10.2. The summed E-state index contributed by atoms with van der Waals surface area (Å²) in [5.41, 5.74) is 0.383. The molecule has 3 nitrogen and oxygen atoms in total. The van der Waals surface area contributed by atoms with Crippen molar-refractivity contribution < 1.29 is 9.84 Å². The summed E-state index contributed by atoms with van der Waals surface area (Å²) in [7, 11) is 0. The summed E-state index contributed by atoms with van der Waals surface area (Å²) in [4.78, 5) is 0. The van der Waals surface area contributed by atoms with Crippen molar-refractivity contribution in [3.63, 3.8) is 0 Å². The number of halogens is 1. The molecule has 1 aliphatic heterocycles. The number of ether oxygens (including phenoxy) is 1. The lowest BCUT2D eigenvalue weighted by molar-refractivity contribution is -0.195. The molecule has 0 amide bonds. The van der Waals surface area contributed by atoms with Crippen molar-refractivity contribution in [2.75, 3.05) is 6.54 Å². The maximum absolute atomic E-state index is 10.5. The number of nitrogens with one attached hydrogen (secondary N) is 1. The quantitative estimate of drug-likeness (QED) is 0.822. The highest BCUT2D eigenvalue weighted by molar-refractivity contribution is 6.30. The van der Waals surface area contributed by atoms with Crippen molar-refractivity contribution in [3.8, 4) is 0 Å². The summed E-state index contributed by atoms with van der Waals surface area (Å²) in [6.07, 6.45) is 3.82. The molecular weight excluding hydrogens is 250 g/mol. The van der Waals surface area contributed by atoms with E-state index in [1.165, 1.54) is 0 Å². The fraction of sp³-hybridized carbons (Fsp3) is 0.571. The Morgan fingerprint density at radius 3 is 2.83 bits per heavy atom. The summed E-state index contributed by atoms with van der Waals surface area (Å²) in [6, 6.07) is 7.66. The molecule has 1 saturated carbocycles. The molecule has 0 spiro atoms. The summed E-state index contributed by atoms with van der Waals surface area (Å²) in [5.74, 6) is 0. The molecule has 0 bridgehead atoms. The molecule has 1 heterocycles. The highest BCUT2D eigenvalue weighted by atomic mass is 35.5. The van der Waals surface area contributed by atoms with Crippen molar-refractivity contribution >= 4 is 11.6 Å². The normalized spacial score (nSPS) is 36.1. The average molecular weight is 268 g/mol. The number of hydrogen-bond donors (Lipinski definition) is 2. The fourth-order valence-corrected chi connectivity index (χ4v) is 3.03. The third-order valence-corrected chi connectivity index (χ3v) is 4.24. The predicted octanol–water partition coefficient (Wildman–Crippen LogP) is 2.63. The van der Waals surface area contributed by atoms with Gasteiger partial charge in [-0.2, -0.15) is 0 Å². The number of rotatable bonds is 1. The smallest absolute Gasteiger partial charge is 0.134 e. The Hall–Kier alpha value is -0.610. The first-order valence-electron chi connectivity index (χ1n) is 6.54. The van der Waals surface area contributed by atoms with E-state index in [0.717, 1.165) is 36.3 Å². The van der Waals surface area contributed by atoms with Crippen molar-refractivity contribution in [2.24, 2.45) is 0 Å². The molecular formula is C14H18ClNO2. The van der Waals surface area contributed by atoms with E-state index in [0.29, 0.717) is 6.54 Å². The summed E-state index contributed by atoms with van der Waals surface area (Å²) in [5, 5.41) is 14.5. The molecule has 0 unspecified atom stereocenters. The lowest BCUT2D eigenvalue weighted by atomic mass is 9.81. The van der Waals surface area contributed by atoms with Crippen molar-refractivity contribution in [1.29, 1.82) is 0 Å². The van der Waals surface area contributed by atoms with E-state index in [-0.39, 0.29) is 12.3 Å². The Balaban J connectivity index is 1.75. The minimum atomic E-state index is -0.679. The average Bonchev–Trinajstić information content (AvgIpc) is 2.39. The molecule has 3 rings (SSSR count). The fourth-order valence-electron chi connectivity index (χ4n) is 2.90. The van der Waals surface area contributed by atoms with E-state index < -0.39 is 5.60 Å². The Bertz CT molecular complexity index is 422. The van der Waals surface area contributed by atoms with Crippen LogP contribution in [0.5, 0.6) is 0 Å². The van der Waals surface area contributed by atoms with Crippen LogP contribution in [0, 0.1) is 0 Å². The van der Waals surface area contributed by atoms with Crippen LogP contribution in [-0.4, -0.2) is 23.4 Å². The lowest BCUT2D eigenvalue weighted by Crippen LogP contribution is -2.59. The van der Waals surface area contributed by atoms with Gasteiger partial charge in [0, 0.05) is 11.6 Å². The van der Waals surface area contributed by atoms with Gasteiger partial charge >= 0.3 is 0 Å². The van der Waals surface area contributed by atoms with Gasteiger partial charge in [-0.15, -0.1) is 0 Å². The van der Waals surface area contributed by atoms with E-state index in [9.17, 15) is 5.11 Å². The molecule has 1 aliphatic carbocycles. The maximum Gasteiger partial charge on any atom is 0.134 e. The SMILES string of the molecule is O[C@@]12CCCC[C@@H]1O[C@H](c1ccc(Cl)cc1)NC2. The molecule has 98 valence electrons. The maximum atomic E-state index is 10.5. The van der Waals surface area contributed by atoms with Gasteiger partial charge in [0.25, 0.3) is 0 Å². The van der Waals surface area contributed by atoms with Gasteiger partial charge in [-0.1, -0.05) is 36.6 Å². The minimum Gasteiger partial charge on any atom is -0.386 e. The van der Waals surface area contributed by atoms with Gasteiger partial charge in [-0.3, -0.25) is 5.32 Å². The Labute approximate surface area is 112 Å². The van der Waals surface area contributed by atoms with Crippen LogP contribution < -0.4 is 5.32 Å². The van der Waals surface area contributed by atoms with Gasteiger partial charge in [-0.05, 0) is 30.5 Å². The zero-order chi connectivity index (χ0) is 12.6. The lowest BCUT2D eigenvalue weighted by Gasteiger charge is -2.46. The van der Waals surface area contributed by atoms with Crippen LogP contribution in [0.2, 0.25) is 5.02 Å². The molecule has 1 aromatic carbocycles. The minimum absolute atomic E-state index is 0.0480. The first-order chi connectivity index (χ1) is 8.67. The van der Waals surface area contributed by atoms with Gasteiger partial charge in [-0.25, -0.2) is 0 Å². The molecule has 0 aromatic heterocycles. The Kier molecular flexibility index (Phi) is 3.32. The highest BCUT2D eigenvalue weighted by Crippen LogP contribution is 2.36. The van der Waals surface area contributed by atoms with Crippen LogP contribution in [-0.2, 0) is 4.74 Å². The molecule has 2 N–H and O–H groups in total. The van der Waals surface area contributed by atoms with Crippen molar-refractivity contribution in [1.82, 2.24) is 5.32 Å².